The van der Waals surface area contributed by atoms with Crippen molar-refractivity contribution in [1.29, 1.82) is 0 Å². The highest BCUT2D eigenvalue weighted by Crippen LogP contribution is 2.28. The van der Waals surface area contributed by atoms with Gasteiger partial charge in [-0.3, -0.25) is 4.79 Å². The molecular formula is C13H17BrN2O2. The van der Waals surface area contributed by atoms with E-state index in [1.54, 1.807) is 12.1 Å². The number of ether oxygens (including phenoxy) is 1. The Bertz CT molecular complexity index is 433. The zero-order chi connectivity index (χ0) is 13.0. The van der Waals surface area contributed by atoms with Crippen LogP contribution in [0.4, 0.5) is 5.69 Å². The summed E-state index contributed by atoms with van der Waals surface area (Å²) in [6, 6.07) is 5.24. The molecular weight excluding hydrogens is 296 g/mol. The minimum Gasteiger partial charge on any atom is -0.398 e. The number of carbonyl (C=O) groups excluding carboxylic acids is 1. The molecule has 98 valence electrons. The van der Waals surface area contributed by atoms with Crippen LogP contribution in [0.2, 0.25) is 0 Å². The Labute approximate surface area is 115 Å². The predicted octanol–water partition coefficient (Wildman–Crippen LogP) is 2.19. The van der Waals surface area contributed by atoms with E-state index in [4.69, 9.17) is 10.5 Å². The first kappa shape index (κ1) is 13.4. The predicted molar refractivity (Wildman–Crippen MR) is 74.4 cm³/mol. The smallest absolute Gasteiger partial charge is 0.253 e. The average Bonchev–Trinajstić information content (AvgIpc) is 3.15. The Kier molecular flexibility index (Phi) is 4.60. The van der Waals surface area contributed by atoms with Gasteiger partial charge in [-0.2, -0.15) is 0 Å². The van der Waals surface area contributed by atoms with Gasteiger partial charge in [-0.15, -0.1) is 0 Å². The van der Waals surface area contributed by atoms with Crippen molar-refractivity contribution < 1.29 is 9.53 Å². The molecule has 1 fully saturated rings. The van der Waals surface area contributed by atoms with Crippen LogP contribution in [0.1, 0.15) is 23.2 Å². The van der Waals surface area contributed by atoms with E-state index in [1.165, 1.54) is 12.8 Å². The third-order valence-corrected chi connectivity index (χ3v) is 3.34. The quantitative estimate of drug-likeness (QED) is 0.625. The Balaban J connectivity index is 1.74. The van der Waals surface area contributed by atoms with Crippen LogP contribution < -0.4 is 11.1 Å². The van der Waals surface area contributed by atoms with Crippen molar-refractivity contribution in [3.8, 4) is 0 Å². The molecule has 3 N–H and O–H groups in total. The van der Waals surface area contributed by atoms with Crippen LogP contribution in [-0.2, 0) is 4.74 Å². The summed E-state index contributed by atoms with van der Waals surface area (Å²) in [6.07, 6.45) is 2.56. The number of nitrogen functional groups attached to an aromatic ring is 1. The van der Waals surface area contributed by atoms with Crippen LogP contribution in [0.3, 0.4) is 0 Å². The zero-order valence-electron chi connectivity index (χ0n) is 10.1. The highest BCUT2D eigenvalue weighted by atomic mass is 79.9. The van der Waals surface area contributed by atoms with Gasteiger partial charge in [0.2, 0.25) is 0 Å². The Morgan fingerprint density at radius 2 is 2.28 bits per heavy atom. The maximum Gasteiger partial charge on any atom is 0.253 e. The van der Waals surface area contributed by atoms with E-state index < -0.39 is 0 Å². The maximum absolute atomic E-state index is 11.9. The highest BCUT2D eigenvalue weighted by Gasteiger charge is 2.20. The van der Waals surface area contributed by atoms with Crippen LogP contribution in [0.15, 0.2) is 22.7 Å². The number of nitrogens with two attached hydrogens (primary N) is 1. The summed E-state index contributed by atoms with van der Waals surface area (Å²) in [5.41, 5.74) is 6.73. The number of hydrogen-bond donors (Lipinski definition) is 2. The van der Waals surface area contributed by atoms with Crippen LogP contribution in [0.25, 0.3) is 0 Å². The van der Waals surface area contributed by atoms with E-state index in [2.05, 4.69) is 21.2 Å². The van der Waals surface area contributed by atoms with Gasteiger partial charge in [0.1, 0.15) is 0 Å². The van der Waals surface area contributed by atoms with Gasteiger partial charge in [-0.05, 0) is 37.0 Å². The molecule has 0 spiro atoms. The number of benzene rings is 1. The molecule has 1 aromatic rings. The molecule has 0 bridgehead atoms. The molecule has 1 saturated carbocycles. The molecule has 2 rings (SSSR count). The lowest BCUT2D eigenvalue weighted by Gasteiger charge is -2.08. The zero-order valence-corrected chi connectivity index (χ0v) is 11.7. The van der Waals surface area contributed by atoms with E-state index in [9.17, 15) is 4.79 Å². The van der Waals surface area contributed by atoms with Gasteiger partial charge in [0, 0.05) is 23.3 Å². The van der Waals surface area contributed by atoms with Crippen LogP contribution in [0.5, 0.6) is 0 Å². The molecule has 0 saturated heterocycles. The lowest BCUT2D eigenvalue weighted by Crippen LogP contribution is -2.28. The third-order valence-electron chi connectivity index (χ3n) is 2.84. The monoisotopic (exact) mass is 312 g/mol. The Morgan fingerprint density at radius 1 is 1.50 bits per heavy atom. The Hall–Kier alpha value is -1.07. The van der Waals surface area contributed by atoms with Crippen molar-refractivity contribution in [2.45, 2.75) is 12.8 Å². The van der Waals surface area contributed by atoms with Gasteiger partial charge in [0.15, 0.2) is 0 Å². The van der Waals surface area contributed by atoms with Gasteiger partial charge >= 0.3 is 0 Å². The molecule has 1 amide bonds. The standard InChI is InChI=1S/C13H17BrN2O2/c14-10-3-4-12(15)11(7-10)13(17)16-5-6-18-8-9-1-2-9/h3-4,7,9H,1-2,5-6,8,15H2,(H,16,17). The number of nitrogens with one attached hydrogen (secondary N) is 1. The van der Waals surface area contributed by atoms with E-state index in [1.807, 2.05) is 6.07 Å². The lowest BCUT2D eigenvalue weighted by atomic mass is 10.1. The van der Waals surface area contributed by atoms with Gasteiger partial charge in [0.25, 0.3) is 5.91 Å². The summed E-state index contributed by atoms with van der Waals surface area (Å²) in [5, 5.41) is 2.80. The van der Waals surface area contributed by atoms with Crippen LogP contribution in [0, 0.1) is 5.92 Å². The first-order valence-corrected chi connectivity index (χ1v) is 6.87. The summed E-state index contributed by atoms with van der Waals surface area (Å²) in [4.78, 5) is 11.9. The van der Waals surface area contributed by atoms with Crippen molar-refractivity contribution in [3.05, 3.63) is 28.2 Å². The largest absolute Gasteiger partial charge is 0.398 e. The molecule has 1 aliphatic carbocycles. The van der Waals surface area contributed by atoms with Crippen LogP contribution >= 0.6 is 15.9 Å². The maximum atomic E-state index is 11.9. The SMILES string of the molecule is Nc1ccc(Br)cc1C(=O)NCCOCC1CC1. The van der Waals surface area contributed by atoms with Crippen molar-refractivity contribution in [2.24, 2.45) is 5.92 Å². The first-order valence-electron chi connectivity index (χ1n) is 6.08. The fraction of sp³-hybridized carbons (Fsp3) is 0.462. The lowest BCUT2D eigenvalue weighted by molar-refractivity contribution is 0.0907. The molecule has 1 aromatic carbocycles. The molecule has 1 aliphatic rings. The van der Waals surface area contributed by atoms with Crippen molar-refractivity contribution >= 4 is 27.5 Å². The topological polar surface area (TPSA) is 64.4 Å². The molecule has 5 heteroatoms. The van der Waals surface area contributed by atoms with Crippen LogP contribution in [-0.4, -0.2) is 25.7 Å². The molecule has 0 aromatic heterocycles. The molecule has 0 unspecified atom stereocenters. The van der Waals surface area contributed by atoms with Crippen molar-refractivity contribution in [1.82, 2.24) is 5.32 Å². The summed E-state index contributed by atoms with van der Waals surface area (Å²) in [6.45, 7) is 1.88. The molecule has 0 atom stereocenters. The Morgan fingerprint density at radius 3 is 3.00 bits per heavy atom. The summed E-state index contributed by atoms with van der Waals surface area (Å²) >= 11 is 3.32. The van der Waals surface area contributed by atoms with E-state index >= 15 is 0 Å². The van der Waals surface area contributed by atoms with Crippen molar-refractivity contribution in [2.75, 3.05) is 25.5 Å². The number of hydrogen-bond acceptors (Lipinski definition) is 3. The van der Waals surface area contributed by atoms with Gasteiger partial charge in [-0.1, -0.05) is 15.9 Å². The number of rotatable bonds is 6. The summed E-state index contributed by atoms with van der Waals surface area (Å²) in [7, 11) is 0. The summed E-state index contributed by atoms with van der Waals surface area (Å²) < 4.78 is 6.28. The minimum atomic E-state index is -0.163. The second-order valence-corrected chi connectivity index (χ2v) is 5.42. The average molecular weight is 313 g/mol. The second-order valence-electron chi connectivity index (χ2n) is 4.51. The highest BCUT2D eigenvalue weighted by molar-refractivity contribution is 9.10. The molecule has 18 heavy (non-hydrogen) atoms. The first-order chi connectivity index (χ1) is 8.66. The fourth-order valence-corrected chi connectivity index (χ4v) is 1.95. The second kappa shape index (κ2) is 6.20. The number of carbonyl (C=O) groups is 1. The van der Waals surface area contributed by atoms with Crippen molar-refractivity contribution in [3.63, 3.8) is 0 Å². The molecule has 0 aliphatic heterocycles. The molecule has 0 radical (unpaired) electrons. The van der Waals surface area contributed by atoms with E-state index in [-0.39, 0.29) is 5.91 Å². The molecule has 0 heterocycles. The van der Waals surface area contributed by atoms with Gasteiger partial charge in [0.05, 0.1) is 12.2 Å². The van der Waals surface area contributed by atoms with Gasteiger partial charge < -0.3 is 15.8 Å². The number of halogens is 1. The van der Waals surface area contributed by atoms with E-state index in [0.29, 0.717) is 24.4 Å². The number of amides is 1. The molecule has 4 nitrogen and oxygen atoms in total. The summed E-state index contributed by atoms with van der Waals surface area (Å²) in [5.74, 6) is 0.588. The third kappa shape index (κ3) is 3.99. The van der Waals surface area contributed by atoms with E-state index in [0.717, 1.165) is 17.0 Å². The minimum absolute atomic E-state index is 0.163. The number of anilines is 1. The fourth-order valence-electron chi connectivity index (χ4n) is 1.59. The van der Waals surface area contributed by atoms with Gasteiger partial charge in [-0.25, -0.2) is 0 Å². The normalized spacial score (nSPS) is 14.5.